The van der Waals surface area contributed by atoms with E-state index in [0.29, 0.717) is 17.9 Å². The lowest BCUT2D eigenvalue weighted by molar-refractivity contribution is -0.125. The summed E-state index contributed by atoms with van der Waals surface area (Å²) in [4.78, 5) is 14.2. The summed E-state index contributed by atoms with van der Waals surface area (Å²) in [6, 6.07) is 13.5. The molecule has 4 nitrogen and oxygen atoms in total. The van der Waals surface area contributed by atoms with Gasteiger partial charge >= 0.3 is 0 Å². The zero-order valence-corrected chi connectivity index (χ0v) is 12.9. The summed E-state index contributed by atoms with van der Waals surface area (Å²) >= 11 is 0. The SMILES string of the molecule is CCc1ccccc1CC1Oc2cc(N)ccc2N(C)C1=O. The van der Waals surface area contributed by atoms with E-state index in [-0.39, 0.29) is 5.91 Å². The number of carbonyl (C=O) groups excluding carboxylic acids is 1. The van der Waals surface area contributed by atoms with Crippen molar-refractivity contribution in [2.75, 3.05) is 17.7 Å². The molecule has 2 N–H and O–H groups in total. The van der Waals surface area contributed by atoms with Gasteiger partial charge in [-0.3, -0.25) is 4.79 Å². The van der Waals surface area contributed by atoms with Crippen molar-refractivity contribution in [1.82, 2.24) is 0 Å². The van der Waals surface area contributed by atoms with Crippen molar-refractivity contribution in [3.05, 3.63) is 53.6 Å². The summed E-state index contributed by atoms with van der Waals surface area (Å²) < 4.78 is 5.93. The summed E-state index contributed by atoms with van der Waals surface area (Å²) in [5, 5.41) is 0. The molecular weight excluding hydrogens is 276 g/mol. The third-order valence-corrected chi connectivity index (χ3v) is 4.13. The van der Waals surface area contributed by atoms with E-state index in [4.69, 9.17) is 10.5 Å². The number of fused-ring (bicyclic) bond motifs is 1. The lowest BCUT2D eigenvalue weighted by atomic mass is 9.98. The number of nitrogens with two attached hydrogens (primary N) is 1. The van der Waals surface area contributed by atoms with Crippen molar-refractivity contribution in [2.45, 2.75) is 25.9 Å². The number of hydrogen-bond donors (Lipinski definition) is 1. The van der Waals surface area contributed by atoms with Crippen LogP contribution < -0.4 is 15.4 Å². The molecule has 0 spiro atoms. The summed E-state index contributed by atoms with van der Waals surface area (Å²) in [5.41, 5.74) is 9.63. The number of amides is 1. The first-order chi connectivity index (χ1) is 10.6. The quantitative estimate of drug-likeness (QED) is 0.886. The van der Waals surface area contributed by atoms with Gasteiger partial charge in [-0.1, -0.05) is 31.2 Å². The van der Waals surface area contributed by atoms with E-state index in [0.717, 1.165) is 17.7 Å². The van der Waals surface area contributed by atoms with Gasteiger partial charge in [0.15, 0.2) is 6.10 Å². The second kappa shape index (κ2) is 5.72. The van der Waals surface area contributed by atoms with Crippen LogP contribution in [0.4, 0.5) is 11.4 Å². The maximum absolute atomic E-state index is 12.5. The molecule has 1 amide bonds. The smallest absolute Gasteiger partial charge is 0.268 e. The maximum atomic E-state index is 12.5. The Morgan fingerprint density at radius 1 is 1.18 bits per heavy atom. The minimum Gasteiger partial charge on any atom is -0.478 e. The van der Waals surface area contributed by atoms with E-state index < -0.39 is 6.10 Å². The largest absolute Gasteiger partial charge is 0.478 e. The topological polar surface area (TPSA) is 55.6 Å². The molecule has 1 aliphatic heterocycles. The van der Waals surface area contributed by atoms with Gasteiger partial charge in [0, 0.05) is 25.2 Å². The number of ether oxygens (including phenoxy) is 1. The summed E-state index contributed by atoms with van der Waals surface area (Å²) in [6.45, 7) is 2.12. The minimum absolute atomic E-state index is 0.0248. The van der Waals surface area contributed by atoms with Crippen molar-refractivity contribution in [2.24, 2.45) is 0 Å². The van der Waals surface area contributed by atoms with E-state index in [9.17, 15) is 4.79 Å². The van der Waals surface area contributed by atoms with Crippen LogP contribution in [-0.4, -0.2) is 19.1 Å². The Morgan fingerprint density at radius 3 is 2.64 bits per heavy atom. The van der Waals surface area contributed by atoms with E-state index in [1.54, 1.807) is 24.1 Å². The third kappa shape index (κ3) is 2.52. The van der Waals surface area contributed by atoms with Crippen molar-refractivity contribution in [1.29, 1.82) is 0 Å². The molecule has 4 heteroatoms. The second-order valence-electron chi connectivity index (χ2n) is 5.56. The fourth-order valence-corrected chi connectivity index (χ4v) is 2.87. The third-order valence-electron chi connectivity index (χ3n) is 4.13. The van der Waals surface area contributed by atoms with Gasteiger partial charge in [0.2, 0.25) is 0 Å². The molecular formula is C18H20N2O2. The number of nitrogen functional groups attached to an aromatic ring is 1. The number of carbonyl (C=O) groups is 1. The molecule has 0 saturated carbocycles. The molecule has 0 aliphatic carbocycles. The number of benzene rings is 2. The highest BCUT2D eigenvalue weighted by Gasteiger charge is 2.32. The number of aryl methyl sites for hydroxylation is 1. The van der Waals surface area contributed by atoms with Gasteiger partial charge in [-0.15, -0.1) is 0 Å². The van der Waals surface area contributed by atoms with Gasteiger partial charge < -0.3 is 15.4 Å². The molecule has 1 unspecified atom stereocenters. The predicted octanol–water partition coefficient (Wildman–Crippen LogP) is 2.80. The lowest BCUT2D eigenvalue weighted by Crippen LogP contribution is -2.45. The number of nitrogens with zero attached hydrogens (tertiary/aromatic N) is 1. The molecule has 2 aromatic carbocycles. The first kappa shape index (κ1) is 14.4. The zero-order valence-electron chi connectivity index (χ0n) is 12.9. The van der Waals surface area contributed by atoms with Gasteiger partial charge in [0.1, 0.15) is 5.75 Å². The van der Waals surface area contributed by atoms with E-state index in [1.807, 2.05) is 18.2 Å². The molecule has 0 bridgehead atoms. The number of likely N-dealkylation sites (N-methyl/N-ethyl adjacent to an activating group) is 1. The molecule has 3 rings (SSSR count). The molecule has 0 fully saturated rings. The Kier molecular flexibility index (Phi) is 3.75. The Morgan fingerprint density at radius 2 is 1.91 bits per heavy atom. The first-order valence-corrected chi connectivity index (χ1v) is 7.50. The molecule has 0 aromatic heterocycles. The molecule has 114 valence electrons. The van der Waals surface area contributed by atoms with Crippen LogP contribution in [0, 0.1) is 0 Å². The van der Waals surface area contributed by atoms with Gasteiger partial charge in [-0.05, 0) is 29.7 Å². The highest BCUT2D eigenvalue weighted by Crippen LogP contribution is 2.35. The minimum atomic E-state index is -0.507. The average molecular weight is 296 g/mol. The highest BCUT2D eigenvalue weighted by molar-refractivity contribution is 6.00. The second-order valence-corrected chi connectivity index (χ2v) is 5.56. The molecule has 22 heavy (non-hydrogen) atoms. The van der Waals surface area contributed by atoms with Crippen LogP contribution in [0.1, 0.15) is 18.1 Å². The summed E-state index contributed by atoms with van der Waals surface area (Å²) in [6.07, 6.45) is 1.00. The van der Waals surface area contributed by atoms with Crippen LogP contribution >= 0.6 is 0 Å². The van der Waals surface area contributed by atoms with Gasteiger partial charge in [-0.2, -0.15) is 0 Å². The van der Waals surface area contributed by atoms with E-state index in [2.05, 4.69) is 19.1 Å². The van der Waals surface area contributed by atoms with Gasteiger partial charge in [-0.25, -0.2) is 0 Å². The number of hydrogen-bond acceptors (Lipinski definition) is 3. The van der Waals surface area contributed by atoms with Gasteiger partial charge in [0.05, 0.1) is 5.69 Å². The van der Waals surface area contributed by atoms with E-state index >= 15 is 0 Å². The zero-order chi connectivity index (χ0) is 15.7. The fraction of sp³-hybridized carbons (Fsp3) is 0.278. The summed E-state index contributed by atoms with van der Waals surface area (Å²) in [7, 11) is 1.78. The van der Waals surface area contributed by atoms with Crippen LogP contribution in [0.15, 0.2) is 42.5 Å². The molecule has 0 saturated heterocycles. The van der Waals surface area contributed by atoms with Crippen molar-refractivity contribution < 1.29 is 9.53 Å². The first-order valence-electron chi connectivity index (χ1n) is 7.50. The maximum Gasteiger partial charge on any atom is 0.268 e. The molecule has 1 aliphatic rings. The Balaban J connectivity index is 1.91. The van der Waals surface area contributed by atoms with Crippen LogP contribution in [0.2, 0.25) is 0 Å². The van der Waals surface area contributed by atoms with Crippen LogP contribution in [0.25, 0.3) is 0 Å². The summed E-state index contributed by atoms with van der Waals surface area (Å²) in [5.74, 6) is 0.643. The lowest BCUT2D eigenvalue weighted by Gasteiger charge is -2.32. The Labute approximate surface area is 130 Å². The van der Waals surface area contributed by atoms with Crippen LogP contribution in [-0.2, 0) is 17.6 Å². The standard InChI is InChI=1S/C18H20N2O2/c1-3-12-6-4-5-7-13(12)10-17-18(21)20(2)15-9-8-14(19)11-16(15)22-17/h4-9,11,17H,3,10,19H2,1-2H3. The molecule has 0 radical (unpaired) electrons. The molecule has 1 atom stereocenters. The average Bonchev–Trinajstić information content (AvgIpc) is 2.52. The fourth-order valence-electron chi connectivity index (χ4n) is 2.87. The van der Waals surface area contributed by atoms with Crippen molar-refractivity contribution in [3.63, 3.8) is 0 Å². The van der Waals surface area contributed by atoms with Crippen LogP contribution in [0.5, 0.6) is 5.75 Å². The Bertz CT molecular complexity index is 712. The number of anilines is 2. The highest BCUT2D eigenvalue weighted by atomic mass is 16.5. The van der Waals surface area contributed by atoms with E-state index in [1.165, 1.54) is 5.56 Å². The molecule has 1 heterocycles. The molecule has 2 aromatic rings. The van der Waals surface area contributed by atoms with Crippen molar-refractivity contribution in [3.8, 4) is 5.75 Å². The normalized spacial score (nSPS) is 17.1. The van der Waals surface area contributed by atoms with Crippen LogP contribution in [0.3, 0.4) is 0 Å². The van der Waals surface area contributed by atoms with Gasteiger partial charge in [0.25, 0.3) is 5.91 Å². The predicted molar refractivity (Wildman–Crippen MR) is 88.2 cm³/mol. The Hall–Kier alpha value is -2.49. The monoisotopic (exact) mass is 296 g/mol. The number of rotatable bonds is 3. The van der Waals surface area contributed by atoms with Crippen molar-refractivity contribution >= 4 is 17.3 Å².